The maximum atomic E-state index is 10.4. The van der Waals surface area contributed by atoms with Crippen LogP contribution >= 0.6 is 0 Å². The molecule has 3 aliphatic rings. The molecule has 4 rings (SSSR count). The van der Waals surface area contributed by atoms with E-state index in [0.717, 1.165) is 32.1 Å². The second-order valence-electron chi connectivity index (χ2n) is 7.59. The molecular formula is C18H24O3. The van der Waals surface area contributed by atoms with E-state index < -0.39 is 12.2 Å². The third-order valence-corrected chi connectivity index (χ3v) is 6.68. The number of phenols is 1. The van der Waals surface area contributed by atoms with E-state index in [1.54, 1.807) is 6.07 Å². The molecule has 0 bridgehead atoms. The van der Waals surface area contributed by atoms with Crippen LogP contribution in [0.25, 0.3) is 0 Å². The minimum atomic E-state index is -0.565. The summed E-state index contributed by atoms with van der Waals surface area (Å²) < 4.78 is 0. The predicted octanol–water partition coefficient (Wildman–Crippen LogP) is 2.58. The summed E-state index contributed by atoms with van der Waals surface area (Å²) in [6.45, 7) is 2.17. The number of fused-ring (bicyclic) bond motifs is 5. The lowest BCUT2D eigenvalue weighted by atomic mass is 9.55. The van der Waals surface area contributed by atoms with Gasteiger partial charge in [0.1, 0.15) is 5.75 Å². The zero-order chi connectivity index (χ0) is 14.8. The highest BCUT2D eigenvalue weighted by Crippen LogP contribution is 2.60. The maximum absolute atomic E-state index is 10.4. The first-order valence-electron chi connectivity index (χ1n) is 8.18. The molecule has 2 fully saturated rings. The van der Waals surface area contributed by atoms with Crippen LogP contribution in [0.15, 0.2) is 18.2 Å². The first-order valence-corrected chi connectivity index (χ1v) is 8.18. The van der Waals surface area contributed by atoms with E-state index in [9.17, 15) is 15.3 Å². The van der Waals surface area contributed by atoms with E-state index in [-0.39, 0.29) is 5.41 Å². The summed E-state index contributed by atoms with van der Waals surface area (Å²) in [5, 5.41) is 30.2. The van der Waals surface area contributed by atoms with Crippen LogP contribution in [0.1, 0.15) is 49.7 Å². The second-order valence-corrected chi connectivity index (χ2v) is 7.59. The lowest BCUT2D eigenvalue weighted by molar-refractivity contribution is -0.0505. The number of aliphatic hydroxyl groups is 2. The molecule has 3 heteroatoms. The highest BCUT2D eigenvalue weighted by Gasteiger charge is 2.57. The third kappa shape index (κ3) is 1.80. The molecule has 0 spiro atoms. The van der Waals surface area contributed by atoms with E-state index in [4.69, 9.17) is 0 Å². The Morgan fingerprint density at radius 2 is 2.00 bits per heavy atom. The monoisotopic (exact) mass is 288 g/mol. The molecule has 1 aromatic rings. The quantitative estimate of drug-likeness (QED) is 0.687. The first kappa shape index (κ1) is 13.6. The van der Waals surface area contributed by atoms with Gasteiger partial charge in [0.15, 0.2) is 0 Å². The van der Waals surface area contributed by atoms with Crippen LogP contribution in [0.2, 0.25) is 0 Å². The van der Waals surface area contributed by atoms with Crippen molar-refractivity contribution in [3.8, 4) is 5.75 Å². The Kier molecular flexibility index (Phi) is 2.89. The predicted molar refractivity (Wildman–Crippen MR) is 80.1 cm³/mol. The molecule has 0 aliphatic heterocycles. The zero-order valence-electron chi connectivity index (χ0n) is 12.5. The van der Waals surface area contributed by atoms with Crippen LogP contribution in [-0.2, 0) is 6.42 Å². The molecule has 21 heavy (non-hydrogen) atoms. The molecule has 0 radical (unpaired) electrons. The average molecular weight is 288 g/mol. The molecule has 3 nitrogen and oxygen atoms in total. The van der Waals surface area contributed by atoms with Crippen molar-refractivity contribution < 1.29 is 15.3 Å². The second kappa shape index (κ2) is 4.47. The molecular weight excluding hydrogens is 264 g/mol. The van der Waals surface area contributed by atoms with Crippen molar-refractivity contribution in [3.05, 3.63) is 29.3 Å². The number of aromatic hydroxyl groups is 1. The summed E-state index contributed by atoms with van der Waals surface area (Å²) in [7, 11) is 0. The Balaban J connectivity index is 1.71. The third-order valence-electron chi connectivity index (χ3n) is 6.68. The van der Waals surface area contributed by atoms with Gasteiger partial charge >= 0.3 is 0 Å². The smallest absolute Gasteiger partial charge is 0.115 e. The summed E-state index contributed by atoms with van der Waals surface area (Å²) >= 11 is 0. The molecule has 0 aromatic heterocycles. The summed E-state index contributed by atoms with van der Waals surface area (Å²) in [6, 6.07) is 5.80. The standard InChI is InChI=1S/C18H24O3/c1-18-7-6-13-12-5-3-11(19)8-10(12)2-4-14(13)15(18)9-16(20)17(18)21/h3,5,8,13-17,19-21H,2,4,6-7,9H2,1H3/t13-,14+,15+,16-,17-,18-/m0/s1. The van der Waals surface area contributed by atoms with Gasteiger partial charge in [0.25, 0.3) is 0 Å². The van der Waals surface area contributed by atoms with Gasteiger partial charge in [0, 0.05) is 0 Å². The van der Waals surface area contributed by atoms with Gasteiger partial charge in [0.2, 0.25) is 0 Å². The molecule has 0 amide bonds. The van der Waals surface area contributed by atoms with Crippen molar-refractivity contribution in [3.63, 3.8) is 0 Å². The molecule has 2 saturated carbocycles. The molecule has 6 atom stereocenters. The van der Waals surface area contributed by atoms with E-state index in [0.29, 0.717) is 23.5 Å². The minimum Gasteiger partial charge on any atom is -0.508 e. The molecule has 0 saturated heterocycles. The Morgan fingerprint density at radius 1 is 1.19 bits per heavy atom. The Labute approximate surface area is 125 Å². The van der Waals surface area contributed by atoms with Gasteiger partial charge in [0.05, 0.1) is 12.2 Å². The largest absolute Gasteiger partial charge is 0.508 e. The summed E-state index contributed by atoms with van der Waals surface area (Å²) in [5.74, 6) is 1.88. The number of benzene rings is 1. The lowest BCUT2D eigenvalue weighted by Crippen LogP contribution is -2.44. The van der Waals surface area contributed by atoms with E-state index in [2.05, 4.69) is 13.0 Å². The van der Waals surface area contributed by atoms with Gasteiger partial charge in [-0.15, -0.1) is 0 Å². The highest BCUT2D eigenvalue weighted by molar-refractivity contribution is 5.40. The number of rotatable bonds is 0. The van der Waals surface area contributed by atoms with Crippen LogP contribution in [0.3, 0.4) is 0 Å². The van der Waals surface area contributed by atoms with Gasteiger partial charge in [-0.25, -0.2) is 0 Å². The number of hydrogen-bond acceptors (Lipinski definition) is 3. The van der Waals surface area contributed by atoms with Crippen molar-refractivity contribution in [1.82, 2.24) is 0 Å². The van der Waals surface area contributed by atoms with E-state index >= 15 is 0 Å². The SMILES string of the molecule is C[C@]12CC[C@H]3c4ccc(O)cc4CC[C@H]3[C@H]1C[C@H](O)[C@@H]2O. The molecule has 1 aromatic carbocycles. The van der Waals surface area contributed by atoms with Gasteiger partial charge in [-0.2, -0.15) is 0 Å². The van der Waals surface area contributed by atoms with Crippen molar-refractivity contribution in [2.24, 2.45) is 17.3 Å². The molecule has 114 valence electrons. The molecule has 3 aliphatic carbocycles. The van der Waals surface area contributed by atoms with Crippen LogP contribution in [0.5, 0.6) is 5.75 Å². The summed E-state index contributed by atoms with van der Waals surface area (Å²) in [4.78, 5) is 0. The maximum Gasteiger partial charge on any atom is 0.115 e. The topological polar surface area (TPSA) is 60.7 Å². The van der Waals surface area contributed by atoms with Gasteiger partial charge in [-0.3, -0.25) is 0 Å². The summed E-state index contributed by atoms with van der Waals surface area (Å²) in [5.41, 5.74) is 2.57. The van der Waals surface area contributed by atoms with Crippen LogP contribution in [0.4, 0.5) is 0 Å². The number of hydrogen-bond donors (Lipinski definition) is 3. The minimum absolute atomic E-state index is 0.116. The fraction of sp³-hybridized carbons (Fsp3) is 0.667. The van der Waals surface area contributed by atoms with Crippen molar-refractivity contribution in [2.45, 2.75) is 57.2 Å². The Morgan fingerprint density at radius 3 is 2.81 bits per heavy atom. The first-order chi connectivity index (χ1) is 10.0. The zero-order valence-corrected chi connectivity index (χ0v) is 12.5. The number of aryl methyl sites for hydroxylation is 1. The van der Waals surface area contributed by atoms with E-state index in [1.165, 1.54) is 11.1 Å². The number of phenolic OH excluding ortho intramolecular Hbond substituents is 1. The van der Waals surface area contributed by atoms with Gasteiger partial charge in [-0.05, 0) is 78.5 Å². The van der Waals surface area contributed by atoms with Crippen LogP contribution in [-0.4, -0.2) is 27.5 Å². The fourth-order valence-electron chi connectivity index (χ4n) is 5.56. The highest BCUT2D eigenvalue weighted by atomic mass is 16.3. The van der Waals surface area contributed by atoms with Crippen molar-refractivity contribution in [2.75, 3.05) is 0 Å². The van der Waals surface area contributed by atoms with Gasteiger partial charge < -0.3 is 15.3 Å². The van der Waals surface area contributed by atoms with Crippen LogP contribution < -0.4 is 0 Å². The number of aliphatic hydroxyl groups excluding tert-OH is 2. The fourth-order valence-corrected chi connectivity index (χ4v) is 5.56. The lowest BCUT2D eigenvalue weighted by Gasteiger charge is -2.49. The average Bonchev–Trinajstić information content (AvgIpc) is 2.70. The Hall–Kier alpha value is -1.06. The van der Waals surface area contributed by atoms with Crippen molar-refractivity contribution >= 4 is 0 Å². The van der Waals surface area contributed by atoms with Gasteiger partial charge in [-0.1, -0.05) is 13.0 Å². The van der Waals surface area contributed by atoms with Crippen molar-refractivity contribution in [1.29, 1.82) is 0 Å². The molecule has 0 unspecified atom stereocenters. The molecule has 3 N–H and O–H groups in total. The summed E-state index contributed by atoms with van der Waals surface area (Å²) in [6.07, 6.45) is 3.80. The Bertz CT molecular complexity index is 570. The van der Waals surface area contributed by atoms with E-state index in [1.807, 2.05) is 6.07 Å². The normalized spacial score (nSPS) is 44.8. The van der Waals surface area contributed by atoms with Crippen LogP contribution in [0, 0.1) is 17.3 Å². The molecule has 0 heterocycles.